The summed E-state index contributed by atoms with van der Waals surface area (Å²) in [6.07, 6.45) is 2.91. The third-order valence-electron chi connectivity index (χ3n) is 3.41. The van der Waals surface area contributed by atoms with Crippen LogP contribution in [0.25, 0.3) is 5.65 Å². The molecule has 5 nitrogen and oxygen atoms in total. The lowest BCUT2D eigenvalue weighted by Gasteiger charge is -2.30. The van der Waals surface area contributed by atoms with Gasteiger partial charge < -0.3 is 10.2 Å². The van der Waals surface area contributed by atoms with Gasteiger partial charge in [0.15, 0.2) is 11.5 Å². The van der Waals surface area contributed by atoms with Gasteiger partial charge in [0, 0.05) is 38.3 Å². The van der Waals surface area contributed by atoms with Crippen LogP contribution in [0.4, 0.5) is 0 Å². The van der Waals surface area contributed by atoms with E-state index >= 15 is 0 Å². The van der Waals surface area contributed by atoms with Crippen molar-refractivity contribution in [1.29, 1.82) is 0 Å². The molecule has 3 heterocycles. The van der Waals surface area contributed by atoms with Crippen LogP contribution in [0.2, 0.25) is 0 Å². The molecule has 0 aliphatic carbocycles. The molecular weight excluding hydrogens is 226 g/mol. The van der Waals surface area contributed by atoms with Gasteiger partial charge in [-0.25, -0.2) is 9.50 Å². The van der Waals surface area contributed by atoms with Crippen molar-refractivity contribution in [3.05, 3.63) is 29.7 Å². The first-order chi connectivity index (χ1) is 8.70. The van der Waals surface area contributed by atoms with E-state index in [-0.39, 0.29) is 0 Å². The molecule has 18 heavy (non-hydrogen) atoms. The fourth-order valence-corrected chi connectivity index (χ4v) is 2.47. The van der Waals surface area contributed by atoms with Crippen LogP contribution in [0.1, 0.15) is 11.4 Å². The molecule has 1 N–H and O–H groups in total. The van der Waals surface area contributed by atoms with E-state index in [1.54, 1.807) is 0 Å². The number of hydrogen-bond acceptors (Lipinski definition) is 4. The van der Waals surface area contributed by atoms with Crippen LogP contribution >= 0.6 is 0 Å². The molecule has 0 amide bonds. The summed E-state index contributed by atoms with van der Waals surface area (Å²) >= 11 is 0. The third-order valence-corrected chi connectivity index (χ3v) is 3.41. The van der Waals surface area contributed by atoms with Gasteiger partial charge in [-0.3, -0.25) is 0 Å². The summed E-state index contributed by atoms with van der Waals surface area (Å²) < 4.78 is 1.87. The highest BCUT2D eigenvalue weighted by molar-refractivity contribution is 5.38. The molecule has 3 rings (SSSR count). The number of likely N-dealkylation sites (N-methyl/N-ethyl adjacent to an activating group) is 1. The van der Waals surface area contributed by atoms with Gasteiger partial charge in [-0.05, 0) is 25.6 Å². The number of piperazine rings is 1. The molecule has 0 saturated carbocycles. The summed E-state index contributed by atoms with van der Waals surface area (Å²) in [6, 6.07) is 4.55. The first-order valence-electron chi connectivity index (χ1n) is 6.44. The number of pyridine rings is 1. The highest BCUT2D eigenvalue weighted by Crippen LogP contribution is 2.07. The van der Waals surface area contributed by atoms with Crippen molar-refractivity contribution in [1.82, 2.24) is 24.8 Å². The van der Waals surface area contributed by atoms with Crippen molar-refractivity contribution in [2.24, 2.45) is 0 Å². The lowest BCUT2D eigenvalue weighted by molar-refractivity contribution is 0.236. The molecule has 96 valence electrons. The van der Waals surface area contributed by atoms with Crippen LogP contribution in [0, 0.1) is 6.92 Å². The zero-order chi connectivity index (χ0) is 12.5. The Morgan fingerprint density at radius 3 is 3.17 bits per heavy atom. The Kier molecular flexibility index (Phi) is 3.01. The summed E-state index contributed by atoms with van der Waals surface area (Å²) in [5.41, 5.74) is 2.13. The molecular formula is C13H19N5. The highest BCUT2D eigenvalue weighted by Gasteiger charge is 2.18. The van der Waals surface area contributed by atoms with E-state index in [4.69, 9.17) is 0 Å². The Morgan fingerprint density at radius 2 is 2.33 bits per heavy atom. The van der Waals surface area contributed by atoms with Crippen LogP contribution in [0.5, 0.6) is 0 Å². The second kappa shape index (κ2) is 4.66. The quantitative estimate of drug-likeness (QED) is 0.836. The van der Waals surface area contributed by atoms with Crippen LogP contribution in [0.3, 0.4) is 0 Å². The van der Waals surface area contributed by atoms with Gasteiger partial charge in [-0.2, -0.15) is 5.10 Å². The second-order valence-corrected chi connectivity index (χ2v) is 5.15. The molecule has 5 heteroatoms. The maximum atomic E-state index is 4.57. The number of fused-ring (bicyclic) bond motifs is 1. The number of nitrogens with one attached hydrogen (secondary N) is 1. The number of aryl methyl sites for hydroxylation is 1. The molecule has 2 aromatic rings. The molecule has 1 fully saturated rings. The third kappa shape index (κ3) is 2.37. The minimum atomic E-state index is 0.460. The zero-order valence-electron chi connectivity index (χ0n) is 10.9. The lowest BCUT2D eigenvalue weighted by atomic mass is 10.1. The number of nitrogens with zero attached hydrogens (tertiary/aromatic N) is 4. The van der Waals surface area contributed by atoms with E-state index in [1.165, 1.54) is 5.56 Å². The van der Waals surface area contributed by atoms with Gasteiger partial charge in [-0.15, -0.1) is 0 Å². The standard InChI is InChI=1S/C13H19N5/c1-10-3-4-13-15-12(16-18(13)8-10)7-11-9-17(2)6-5-14-11/h3-4,8,11,14H,5-7,9H2,1-2H3. The van der Waals surface area contributed by atoms with Crippen molar-refractivity contribution in [3.8, 4) is 0 Å². The first-order valence-corrected chi connectivity index (χ1v) is 6.44. The predicted octanol–water partition coefficient (Wildman–Crippen LogP) is 0.484. The minimum absolute atomic E-state index is 0.460. The average Bonchev–Trinajstić information content (AvgIpc) is 2.70. The molecule has 1 aliphatic heterocycles. The smallest absolute Gasteiger partial charge is 0.155 e. The normalized spacial score (nSPS) is 21.6. The van der Waals surface area contributed by atoms with Gasteiger partial charge in [0.25, 0.3) is 0 Å². The molecule has 1 saturated heterocycles. The molecule has 0 spiro atoms. The minimum Gasteiger partial charge on any atom is -0.311 e. The monoisotopic (exact) mass is 245 g/mol. The molecule has 0 aromatic carbocycles. The van der Waals surface area contributed by atoms with Gasteiger partial charge in [-0.1, -0.05) is 6.07 Å². The van der Waals surface area contributed by atoms with Gasteiger partial charge in [0.1, 0.15) is 0 Å². The summed E-state index contributed by atoms with van der Waals surface area (Å²) in [5, 5.41) is 8.06. The molecule has 1 unspecified atom stereocenters. The van der Waals surface area contributed by atoms with Crippen molar-refractivity contribution in [3.63, 3.8) is 0 Å². The maximum absolute atomic E-state index is 4.57. The van der Waals surface area contributed by atoms with Crippen molar-refractivity contribution < 1.29 is 0 Å². The van der Waals surface area contributed by atoms with E-state index in [9.17, 15) is 0 Å². The van der Waals surface area contributed by atoms with Crippen LogP contribution in [-0.2, 0) is 6.42 Å². The highest BCUT2D eigenvalue weighted by atomic mass is 15.3. The van der Waals surface area contributed by atoms with E-state index in [2.05, 4.69) is 40.3 Å². The Morgan fingerprint density at radius 1 is 1.44 bits per heavy atom. The van der Waals surface area contributed by atoms with Crippen LogP contribution in [0.15, 0.2) is 18.3 Å². The summed E-state index contributed by atoms with van der Waals surface area (Å²) in [4.78, 5) is 6.91. The predicted molar refractivity (Wildman–Crippen MR) is 70.7 cm³/mol. The van der Waals surface area contributed by atoms with Gasteiger partial charge in [0.2, 0.25) is 0 Å². The van der Waals surface area contributed by atoms with E-state index < -0.39 is 0 Å². The number of rotatable bonds is 2. The Hall–Kier alpha value is -1.46. The Balaban J connectivity index is 1.78. The van der Waals surface area contributed by atoms with E-state index in [1.807, 2.05) is 16.8 Å². The van der Waals surface area contributed by atoms with Gasteiger partial charge >= 0.3 is 0 Å². The van der Waals surface area contributed by atoms with Crippen molar-refractivity contribution >= 4 is 5.65 Å². The average molecular weight is 245 g/mol. The number of aromatic nitrogens is 3. The summed E-state index contributed by atoms with van der Waals surface area (Å²) in [7, 11) is 2.16. The van der Waals surface area contributed by atoms with Gasteiger partial charge in [0.05, 0.1) is 0 Å². The SMILES string of the molecule is Cc1ccc2nc(CC3CN(C)CCN3)nn2c1. The topological polar surface area (TPSA) is 45.5 Å². The lowest BCUT2D eigenvalue weighted by Crippen LogP contribution is -2.50. The summed E-state index contributed by atoms with van der Waals surface area (Å²) in [5.74, 6) is 0.924. The molecule has 0 radical (unpaired) electrons. The summed E-state index contributed by atoms with van der Waals surface area (Å²) in [6.45, 7) is 5.30. The molecule has 1 atom stereocenters. The second-order valence-electron chi connectivity index (χ2n) is 5.15. The fraction of sp³-hybridized carbons (Fsp3) is 0.538. The van der Waals surface area contributed by atoms with E-state index in [0.717, 1.165) is 37.5 Å². The maximum Gasteiger partial charge on any atom is 0.155 e. The first kappa shape index (κ1) is 11.6. The molecule has 1 aliphatic rings. The molecule has 0 bridgehead atoms. The Labute approximate surface area is 107 Å². The van der Waals surface area contributed by atoms with Crippen LogP contribution in [-0.4, -0.2) is 52.2 Å². The van der Waals surface area contributed by atoms with E-state index in [0.29, 0.717) is 6.04 Å². The Bertz CT molecular complexity index is 547. The molecule has 2 aromatic heterocycles. The largest absolute Gasteiger partial charge is 0.311 e. The zero-order valence-corrected chi connectivity index (χ0v) is 10.9. The van der Waals surface area contributed by atoms with Crippen molar-refractivity contribution in [2.45, 2.75) is 19.4 Å². The fourth-order valence-electron chi connectivity index (χ4n) is 2.47. The van der Waals surface area contributed by atoms with Crippen LogP contribution < -0.4 is 5.32 Å². The van der Waals surface area contributed by atoms with Crippen molar-refractivity contribution in [2.75, 3.05) is 26.7 Å². The number of hydrogen-bond donors (Lipinski definition) is 1.